The van der Waals surface area contributed by atoms with Crippen LogP contribution in [0.25, 0.3) is 0 Å². The standard InChI is InChI=1S/C12H19BO/c1-8(2)7-11(14)12(9(3)4)13-10(5)6/h7H,1-6H3. The van der Waals surface area contributed by atoms with Gasteiger partial charge in [0.15, 0.2) is 0 Å². The van der Waals surface area contributed by atoms with Gasteiger partial charge >= 0.3 is 87.2 Å². The molecule has 0 saturated carbocycles. The molecule has 0 fully saturated rings. The van der Waals surface area contributed by atoms with Crippen LogP contribution >= 0.6 is 0 Å². The van der Waals surface area contributed by atoms with Gasteiger partial charge in [0.25, 0.3) is 0 Å². The Morgan fingerprint density at radius 3 is 1.79 bits per heavy atom. The number of ketones is 1. The summed E-state index contributed by atoms with van der Waals surface area (Å²) < 4.78 is 0. The fourth-order valence-electron chi connectivity index (χ4n) is 1.09. The third-order valence-corrected chi connectivity index (χ3v) is 1.66. The molecule has 0 spiro atoms. The number of hydrogen-bond acceptors (Lipinski definition) is 1. The topological polar surface area (TPSA) is 17.1 Å². The van der Waals surface area contributed by atoms with E-state index >= 15 is 0 Å². The Labute approximate surface area is 87.8 Å². The summed E-state index contributed by atoms with van der Waals surface area (Å²) in [6.07, 6.45) is 1.68. The predicted molar refractivity (Wildman–Crippen MR) is 64.9 cm³/mol. The van der Waals surface area contributed by atoms with Gasteiger partial charge in [-0.1, -0.05) is 0 Å². The second-order valence-electron chi connectivity index (χ2n) is 4.22. The van der Waals surface area contributed by atoms with Gasteiger partial charge in [-0.15, -0.1) is 0 Å². The number of hydrogen-bond donors (Lipinski definition) is 0. The normalized spacial score (nSPS) is 8.71. The van der Waals surface area contributed by atoms with E-state index in [0.29, 0.717) is 0 Å². The Hall–Kier alpha value is -0.915. The average molecular weight is 190 g/mol. The zero-order chi connectivity index (χ0) is 11.3. The molecule has 0 aliphatic carbocycles. The van der Waals surface area contributed by atoms with Crippen molar-refractivity contribution < 1.29 is 4.79 Å². The molecule has 0 rings (SSSR count). The molecule has 0 aromatic heterocycles. The zero-order valence-electron chi connectivity index (χ0n) is 10.1. The van der Waals surface area contributed by atoms with Crippen LogP contribution in [0.4, 0.5) is 0 Å². The van der Waals surface area contributed by atoms with E-state index in [-0.39, 0.29) is 5.78 Å². The molecule has 0 aromatic rings. The Bertz CT molecular complexity index is 307. The molecule has 0 aliphatic heterocycles. The summed E-state index contributed by atoms with van der Waals surface area (Å²) in [6, 6.07) is 0. The zero-order valence-corrected chi connectivity index (χ0v) is 10.1. The van der Waals surface area contributed by atoms with E-state index < -0.39 is 0 Å². The molecule has 0 amide bonds. The number of rotatable bonds is 3. The van der Waals surface area contributed by atoms with Crippen molar-refractivity contribution in [3.8, 4) is 0 Å². The van der Waals surface area contributed by atoms with Gasteiger partial charge in [0.05, 0.1) is 0 Å². The van der Waals surface area contributed by atoms with Gasteiger partial charge in [-0.05, 0) is 0 Å². The van der Waals surface area contributed by atoms with E-state index in [1.165, 1.54) is 0 Å². The van der Waals surface area contributed by atoms with Gasteiger partial charge in [0, 0.05) is 0 Å². The van der Waals surface area contributed by atoms with E-state index in [0.717, 1.165) is 22.1 Å². The molecule has 76 valence electrons. The summed E-state index contributed by atoms with van der Waals surface area (Å²) in [5.74, 6) is 0.103. The van der Waals surface area contributed by atoms with Crippen LogP contribution in [0.2, 0.25) is 0 Å². The van der Waals surface area contributed by atoms with Crippen LogP contribution < -0.4 is 0 Å². The second kappa shape index (κ2) is 5.74. The first-order valence-electron chi connectivity index (χ1n) is 4.86. The van der Waals surface area contributed by atoms with Crippen molar-refractivity contribution in [3.05, 3.63) is 22.7 Å². The molecular weight excluding hydrogens is 171 g/mol. The second-order valence-corrected chi connectivity index (χ2v) is 4.22. The summed E-state index contributed by atoms with van der Waals surface area (Å²) in [5, 5.41) is 0. The Balaban J connectivity index is 5.09. The molecule has 0 unspecified atom stereocenters. The fraction of sp³-hybridized carbons (Fsp3) is 0.500. The molecule has 0 heterocycles. The Morgan fingerprint density at radius 2 is 1.50 bits per heavy atom. The first-order chi connectivity index (χ1) is 6.34. The van der Waals surface area contributed by atoms with Crippen LogP contribution in [0.15, 0.2) is 22.7 Å². The van der Waals surface area contributed by atoms with Crippen LogP contribution in [0.3, 0.4) is 0 Å². The molecule has 0 bridgehead atoms. The Morgan fingerprint density at radius 1 is 1.00 bits per heavy atom. The molecule has 1 nitrogen and oxygen atoms in total. The van der Waals surface area contributed by atoms with Gasteiger partial charge in [-0.2, -0.15) is 0 Å². The van der Waals surface area contributed by atoms with Crippen molar-refractivity contribution in [2.45, 2.75) is 41.5 Å². The van der Waals surface area contributed by atoms with Gasteiger partial charge in [-0.25, -0.2) is 0 Å². The molecule has 0 saturated heterocycles. The van der Waals surface area contributed by atoms with Crippen molar-refractivity contribution in [3.63, 3.8) is 0 Å². The average Bonchev–Trinajstić information content (AvgIpc) is 1.97. The van der Waals surface area contributed by atoms with Crippen LogP contribution in [-0.2, 0) is 4.79 Å². The summed E-state index contributed by atoms with van der Waals surface area (Å²) >= 11 is 0. The van der Waals surface area contributed by atoms with Gasteiger partial charge in [-0.3, -0.25) is 0 Å². The van der Waals surface area contributed by atoms with Crippen molar-refractivity contribution in [2.75, 3.05) is 0 Å². The maximum atomic E-state index is 11.8. The van der Waals surface area contributed by atoms with Gasteiger partial charge in [0.2, 0.25) is 0 Å². The minimum absolute atomic E-state index is 0.103. The van der Waals surface area contributed by atoms with E-state index in [2.05, 4.69) is 0 Å². The van der Waals surface area contributed by atoms with Gasteiger partial charge in [0.1, 0.15) is 0 Å². The third-order valence-electron chi connectivity index (χ3n) is 1.66. The van der Waals surface area contributed by atoms with Crippen LogP contribution in [0.5, 0.6) is 0 Å². The molecule has 14 heavy (non-hydrogen) atoms. The van der Waals surface area contributed by atoms with E-state index in [1.807, 2.05) is 48.5 Å². The minimum atomic E-state index is 0.103. The molecule has 0 aliphatic rings. The predicted octanol–water partition coefficient (Wildman–Crippen LogP) is 2.73. The summed E-state index contributed by atoms with van der Waals surface area (Å²) in [7, 11) is 0. The monoisotopic (exact) mass is 190 g/mol. The molecule has 0 atom stereocenters. The first-order valence-corrected chi connectivity index (χ1v) is 4.86. The van der Waals surface area contributed by atoms with Crippen molar-refractivity contribution in [2.24, 2.45) is 0 Å². The number of carbonyl (C=O) groups is 1. The van der Waals surface area contributed by atoms with Crippen molar-refractivity contribution in [1.82, 2.24) is 0 Å². The van der Waals surface area contributed by atoms with Crippen LogP contribution in [0, 0.1) is 0 Å². The first kappa shape index (κ1) is 13.1. The maximum absolute atomic E-state index is 11.8. The summed E-state index contributed by atoms with van der Waals surface area (Å²) in [4.78, 5) is 11.8. The van der Waals surface area contributed by atoms with E-state index in [4.69, 9.17) is 0 Å². The summed E-state index contributed by atoms with van der Waals surface area (Å²) in [6.45, 7) is 13.7. The van der Waals surface area contributed by atoms with Crippen molar-refractivity contribution >= 4 is 18.2 Å². The van der Waals surface area contributed by atoms with Crippen LogP contribution in [0.1, 0.15) is 41.5 Å². The number of allylic oxidation sites excluding steroid dienone is 4. The third kappa shape index (κ3) is 4.95. The van der Waals surface area contributed by atoms with E-state index in [1.54, 1.807) is 6.08 Å². The quantitative estimate of drug-likeness (QED) is 0.494. The fourth-order valence-corrected chi connectivity index (χ4v) is 1.09. The summed E-state index contributed by atoms with van der Waals surface area (Å²) in [5.41, 5.74) is 4.06. The van der Waals surface area contributed by atoms with Crippen molar-refractivity contribution in [1.29, 1.82) is 0 Å². The Kier molecular flexibility index (Phi) is 5.36. The van der Waals surface area contributed by atoms with Crippen LogP contribution in [-0.4, -0.2) is 18.2 Å². The molecular formula is C12H19BO. The molecule has 0 radical (unpaired) electrons. The molecule has 0 N–H and O–H groups in total. The number of carbonyl (C=O) groups excluding carboxylic acids is 1. The SMILES string of the molecule is CC(C)=BC(C(=O)C=C(C)C)=C(C)C. The van der Waals surface area contributed by atoms with E-state index in [9.17, 15) is 4.79 Å². The molecule has 2 heteroatoms. The van der Waals surface area contributed by atoms with Gasteiger partial charge < -0.3 is 0 Å². The molecule has 0 aromatic carbocycles.